The Bertz CT molecular complexity index is 1530. The van der Waals surface area contributed by atoms with Crippen LogP contribution in [0.25, 0.3) is 16.6 Å². The van der Waals surface area contributed by atoms with Gasteiger partial charge < -0.3 is 9.47 Å². The van der Waals surface area contributed by atoms with Crippen molar-refractivity contribution >= 4 is 32.3 Å². The van der Waals surface area contributed by atoms with Gasteiger partial charge in [0.05, 0.1) is 40.3 Å². The molecule has 9 nitrogen and oxygen atoms in total. The minimum atomic E-state index is -3.23. The third-order valence-electron chi connectivity index (χ3n) is 4.92. The quantitative estimate of drug-likeness (QED) is 0.327. The molecule has 0 unspecified atom stereocenters. The fourth-order valence-electron chi connectivity index (χ4n) is 3.42. The lowest BCUT2D eigenvalue weighted by Crippen LogP contribution is -2.07. The van der Waals surface area contributed by atoms with Crippen molar-refractivity contribution in [2.45, 2.75) is 25.7 Å². The molecule has 0 saturated carbocycles. The Kier molecular flexibility index (Phi) is 7.19. The fourth-order valence-corrected chi connectivity index (χ4v) is 4.30. The van der Waals surface area contributed by atoms with E-state index < -0.39 is 9.84 Å². The van der Waals surface area contributed by atoms with Crippen LogP contribution in [-0.2, 0) is 22.2 Å². The van der Waals surface area contributed by atoms with Crippen molar-refractivity contribution in [1.29, 1.82) is 5.26 Å². The number of rotatable bonds is 9. The van der Waals surface area contributed by atoms with Crippen LogP contribution in [0.15, 0.2) is 48.8 Å². The second kappa shape index (κ2) is 10.3. The minimum Gasteiger partial charge on any atom is -0.491 e. The second-order valence-corrected chi connectivity index (χ2v) is 10.4. The molecule has 0 aliphatic carbocycles. The summed E-state index contributed by atoms with van der Waals surface area (Å²) in [6, 6.07) is 12.7. The number of ether oxygens (including phenoxy) is 2. The number of halogens is 1. The van der Waals surface area contributed by atoms with Crippen LogP contribution in [0.3, 0.4) is 0 Å². The molecule has 0 fully saturated rings. The van der Waals surface area contributed by atoms with Crippen LogP contribution in [0, 0.1) is 11.3 Å². The van der Waals surface area contributed by atoms with Crippen molar-refractivity contribution in [1.82, 2.24) is 19.7 Å². The van der Waals surface area contributed by atoms with E-state index in [-0.39, 0.29) is 18.2 Å². The van der Waals surface area contributed by atoms with Crippen LogP contribution in [0.4, 0.5) is 0 Å². The van der Waals surface area contributed by atoms with Crippen molar-refractivity contribution in [3.63, 3.8) is 0 Å². The highest BCUT2D eigenvalue weighted by atomic mass is 35.5. The predicted octanol–water partition coefficient (Wildman–Crippen LogP) is 4.25. The highest BCUT2D eigenvalue weighted by Gasteiger charge is 2.15. The summed E-state index contributed by atoms with van der Waals surface area (Å²) in [5.74, 6) is 0.970. The van der Waals surface area contributed by atoms with E-state index in [2.05, 4.69) is 21.1 Å². The summed E-state index contributed by atoms with van der Waals surface area (Å²) >= 11 is 6.41. The van der Waals surface area contributed by atoms with Gasteiger partial charge >= 0.3 is 0 Å². The van der Waals surface area contributed by atoms with E-state index in [1.807, 2.05) is 19.1 Å². The van der Waals surface area contributed by atoms with Crippen LogP contribution in [0.5, 0.6) is 11.5 Å². The second-order valence-electron chi connectivity index (χ2n) is 7.86. The first-order chi connectivity index (χ1) is 16.8. The normalized spacial score (nSPS) is 11.4. The zero-order valence-corrected chi connectivity index (χ0v) is 20.7. The molecule has 0 radical (unpaired) electrons. The molecule has 0 spiro atoms. The molecule has 0 N–H and O–H groups in total. The van der Waals surface area contributed by atoms with Crippen molar-refractivity contribution in [3.8, 4) is 23.3 Å². The lowest BCUT2D eigenvalue weighted by molar-refractivity contribution is 0.301. The highest BCUT2D eigenvalue weighted by Crippen LogP contribution is 2.33. The van der Waals surface area contributed by atoms with Crippen LogP contribution >= 0.6 is 11.6 Å². The van der Waals surface area contributed by atoms with E-state index in [4.69, 9.17) is 21.1 Å². The van der Waals surface area contributed by atoms with Crippen LogP contribution in [0.1, 0.15) is 30.4 Å². The molecule has 0 aliphatic heterocycles. The monoisotopic (exact) mass is 511 g/mol. The smallest absolute Gasteiger partial charge is 0.155 e. The first-order valence-electron chi connectivity index (χ1n) is 10.7. The summed E-state index contributed by atoms with van der Waals surface area (Å²) < 4.78 is 36.2. The van der Waals surface area contributed by atoms with Crippen molar-refractivity contribution in [2.24, 2.45) is 0 Å². The van der Waals surface area contributed by atoms with Crippen molar-refractivity contribution in [2.75, 3.05) is 12.9 Å². The summed E-state index contributed by atoms with van der Waals surface area (Å²) in [5.41, 5.74) is 2.35. The number of hydrogen-bond donors (Lipinski definition) is 0. The van der Waals surface area contributed by atoms with Gasteiger partial charge in [0.2, 0.25) is 0 Å². The van der Waals surface area contributed by atoms with E-state index in [0.717, 1.165) is 23.6 Å². The maximum atomic E-state index is 11.5. The minimum absolute atomic E-state index is 0.152. The SMILES string of the molecule is CCCOc1c(Cl)cc(-n2ncc3cc(OCc4ccnc(CS(C)(=O)=O)n4)ccc32)cc1C#N. The van der Waals surface area contributed by atoms with E-state index in [0.29, 0.717) is 40.1 Å². The van der Waals surface area contributed by atoms with Gasteiger partial charge in [0.1, 0.15) is 30.0 Å². The van der Waals surface area contributed by atoms with Gasteiger partial charge in [0.15, 0.2) is 15.6 Å². The maximum absolute atomic E-state index is 11.5. The number of benzene rings is 2. The Hall–Kier alpha value is -3.68. The number of nitriles is 1. The Balaban J connectivity index is 1.55. The number of aromatic nitrogens is 4. The molecule has 4 rings (SSSR count). The zero-order valence-electron chi connectivity index (χ0n) is 19.1. The predicted molar refractivity (Wildman–Crippen MR) is 131 cm³/mol. The molecule has 0 bridgehead atoms. The first kappa shape index (κ1) is 24.4. The topological polar surface area (TPSA) is 120 Å². The number of hydrogen-bond acceptors (Lipinski definition) is 8. The van der Waals surface area contributed by atoms with Crippen LogP contribution < -0.4 is 9.47 Å². The van der Waals surface area contributed by atoms with Gasteiger partial charge in [-0.2, -0.15) is 10.4 Å². The lowest BCUT2D eigenvalue weighted by atomic mass is 10.2. The molecule has 180 valence electrons. The molecular formula is C24H22ClN5O4S. The maximum Gasteiger partial charge on any atom is 0.155 e. The average molecular weight is 512 g/mol. The number of sulfone groups is 1. The summed E-state index contributed by atoms with van der Waals surface area (Å²) in [5, 5.41) is 15.2. The Labute approximate surface area is 207 Å². The summed E-state index contributed by atoms with van der Waals surface area (Å²) in [7, 11) is -3.23. The van der Waals surface area contributed by atoms with Gasteiger partial charge in [-0.05, 0) is 42.8 Å². The Morgan fingerprint density at radius 3 is 2.74 bits per heavy atom. The van der Waals surface area contributed by atoms with Gasteiger partial charge in [-0.1, -0.05) is 18.5 Å². The van der Waals surface area contributed by atoms with E-state index in [1.54, 1.807) is 35.1 Å². The number of nitrogens with zero attached hydrogens (tertiary/aromatic N) is 5. The van der Waals surface area contributed by atoms with Gasteiger partial charge in [-0.15, -0.1) is 0 Å². The molecule has 0 atom stereocenters. The van der Waals surface area contributed by atoms with Crippen molar-refractivity contribution < 1.29 is 17.9 Å². The third kappa shape index (κ3) is 5.88. The molecule has 11 heteroatoms. The Morgan fingerprint density at radius 2 is 2.00 bits per heavy atom. The molecule has 2 aromatic heterocycles. The highest BCUT2D eigenvalue weighted by molar-refractivity contribution is 7.89. The van der Waals surface area contributed by atoms with Gasteiger partial charge in [-0.3, -0.25) is 0 Å². The molecule has 0 amide bonds. The summed E-state index contributed by atoms with van der Waals surface area (Å²) in [6.07, 6.45) is 5.14. The number of fused-ring (bicyclic) bond motifs is 1. The first-order valence-corrected chi connectivity index (χ1v) is 13.2. The van der Waals surface area contributed by atoms with Gasteiger partial charge in [0, 0.05) is 17.8 Å². The standard InChI is InChI=1S/C24H22ClN5O4S/c1-3-8-33-24-16(12-26)9-19(11-21(24)25)30-22-5-4-20(10-17(22)13-28-30)34-14-18-6-7-27-23(29-18)15-35(2,31)32/h4-7,9-11,13H,3,8,14-15H2,1-2H3. The van der Waals surface area contributed by atoms with E-state index in [1.165, 1.54) is 6.20 Å². The molecule has 2 aromatic carbocycles. The Morgan fingerprint density at radius 1 is 1.17 bits per heavy atom. The molecular weight excluding hydrogens is 490 g/mol. The third-order valence-corrected chi connectivity index (χ3v) is 5.99. The summed E-state index contributed by atoms with van der Waals surface area (Å²) in [4.78, 5) is 8.25. The fraction of sp³-hybridized carbons (Fsp3) is 0.250. The van der Waals surface area contributed by atoms with Gasteiger partial charge in [-0.25, -0.2) is 23.1 Å². The summed E-state index contributed by atoms with van der Waals surface area (Å²) in [6.45, 7) is 2.60. The van der Waals surface area contributed by atoms with Gasteiger partial charge in [0.25, 0.3) is 0 Å². The van der Waals surface area contributed by atoms with Crippen LogP contribution in [0.2, 0.25) is 5.02 Å². The average Bonchev–Trinajstić information content (AvgIpc) is 3.24. The van der Waals surface area contributed by atoms with Crippen LogP contribution in [-0.4, -0.2) is 41.0 Å². The molecule has 0 aliphatic rings. The van der Waals surface area contributed by atoms with E-state index in [9.17, 15) is 13.7 Å². The molecule has 2 heterocycles. The van der Waals surface area contributed by atoms with Crippen molar-refractivity contribution in [3.05, 3.63) is 70.9 Å². The largest absolute Gasteiger partial charge is 0.491 e. The lowest BCUT2D eigenvalue weighted by Gasteiger charge is -2.12. The zero-order chi connectivity index (χ0) is 25.0. The molecule has 35 heavy (non-hydrogen) atoms. The molecule has 0 saturated heterocycles. The molecule has 4 aromatic rings. The van der Waals surface area contributed by atoms with E-state index >= 15 is 0 Å².